The van der Waals surface area contributed by atoms with Crippen LogP contribution in [-0.4, -0.2) is 29.7 Å². The zero-order chi connectivity index (χ0) is 11.9. The molecule has 2 aliphatic heterocycles. The number of rotatable bonds is 5. The molecule has 1 heteroatoms. The first-order valence-corrected chi connectivity index (χ1v) is 8.09. The average molecular weight is 236 g/mol. The molecule has 3 aliphatic rings. The molecule has 1 nitrogen and oxygen atoms in total. The topological polar surface area (TPSA) is 0 Å². The number of nitrogens with zero attached hydrogens (tertiary/aromatic N) is 1. The minimum Gasteiger partial charge on any atom is -0.319 e. The van der Waals surface area contributed by atoms with Crippen molar-refractivity contribution in [2.45, 2.75) is 70.8 Å². The number of hydrogen-bond donors (Lipinski definition) is 0. The van der Waals surface area contributed by atoms with Crippen molar-refractivity contribution in [1.82, 2.24) is 0 Å². The van der Waals surface area contributed by atoms with Crippen molar-refractivity contribution >= 4 is 0 Å². The number of hydrogen-bond acceptors (Lipinski definition) is 0. The third-order valence-electron chi connectivity index (χ3n) is 6.79. The van der Waals surface area contributed by atoms with E-state index in [9.17, 15) is 0 Å². The lowest BCUT2D eigenvalue weighted by Crippen LogP contribution is -2.58. The van der Waals surface area contributed by atoms with Gasteiger partial charge in [-0.1, -0.05) is 19.8 Å². The lowest BCUT2D eigenvalue weighted by molar-refractivity contribution is -0.953. The molecule has 4 atom stereocenters. The lowest BCUT2D eigenvalue weighted by atomic mass is 9.84. The van der Waals surface area contributed by atoms with Gasteiger partial charge in [-0.25, -0.2) is 0 Å². The molecule has 3 rings (SSSR count). The Balaban J connectivity index is 1.69. The molecule has 17 heavy (non-hydrogen) atoms. The molecule has 3 fully saturated rings. The minimum atomic E-state index is 0.714. The highest BCUT2D eigenvalue weighted by Crippen LogP contribution is 2.59. The second-order valence-corrected chi connectivity index (χ2v) is 7.15. The smallest absolute Gasteiger partial charge is 0.102 e. The van der Waals surface area contributed by atoms with E-state index in [0.717, 1.165) is 11.8 Å². The van der Waals surface area contributed by atoms with Gasteiger partial charge in [0.2, 0.25) is 0 Å². The monoisotopic (exact) mass is 236 g/mol. The van der Waals surface area contributed by atoms with E-state index in [2.05, 4.69) is 13.8 Å². The van der Waals surface area contributed by atoms with Gasteiger partial charge in [0.15, 0.2) is 0 Å². The van der Waals surface area contributed by atoms with Crippen molar-refractivity contribution in [1.29, 1.82) is 0 Å². The summed E-state index contributed by atoms with van der Waals surface area (Å²) in [6.45, 7) is 9.52. The molecule has 0 radical (unpaired) electrons. The molecule has 0 spiro atoms. The van der Waals surface area contributed by atoms with Crippen molar-refractivity contribution < 1.29 is 4.48 Å². The Morgan fingerprint density at radius 2 is 1.59 bits per heavy atom. The van der Waals surface area contributed by atoms with Crippen LogP contribution in [0.3, 0.4) is 0 Å². The molecule has 1 aliphatic carbocycles. The van der Waals surface area contributed by atoms with Crippen LogP contribution in [0.1, 0.15) is 65.2 Å². The van der Waals surface area contributed by atoms with Gasteiger partial charge in [-0.15, -0.1) is 0 Å². The van der Waals surface area contributed by atoms with E-state index < -0.39 is 0 Å². The van der Waals surface area contributed by atoms with Gasteiger partial charge in [0.05, 0.1) is 19.6 Å². The first-order valence-electron chi connectivity index (χ1n) is 8.09. The molecule has 0 amide bonds. The van der Waals surface area contributed by atoms with Crippen molar-refractivity contribution in [3.63, 3.8) is 0 Å². The van der Waals surface area contributed by atoms with Crippen molar-refractivity contribution in [2.75, 3.05) is 19.6 Å². The van der Waals surface area contributed by atoms with Gasteiger partial charge < -0.3 is 4.48 Å². The third kappa shape index (κ3) is 1.54. The summed E-state index contributed by atoms with van der Waals surface area (Å²) < 4.78 is 1.53. The van der Waals surface area contributed by atoms with Gasteiger partial charge in [-0.2, -0.15) is 0 Å². The summed E-state index contributed by atoms with van der Waals surface area (Å²) in [7, 11) is 0. The molecule has 2 unspecified atom stereocenters. The number of unbranched alkanes of at least 4 members (excludes halogenated alkanes) is 3. The van der Waals surface area contributed by atoms with Crippen molar-refractivity contribution in [3.05, 3.63) is 0 Å². The SMILES string of the molecule is CCCCCC[N+]12CC[C@H]3CC[C@@H](CC1)C32C. The summed E-state index contributed by atoms with van der Waals surface area (Å²) in [6.07, 6.45) is 12.0. The predicted molar refractivity (Wildman–Crippen MR) is 72.9 cm³/mol. The van der Waals surface area contributed by atoms with Crippen LogP contribution < -0.4 is 0 Å². The van der Waals surface area contributed by atoms with E-state index in [1.165, 1.54) is 49.8 Å². The standard InChI is InChI=1S/C16H30N/c1-3-4-5-6-11-17-12-9-14-7-8-15(10-13-17)16(14,17)2/h14-15H,3-13H2,1-2H3/q+1/t14-,15+,16?,17?. The Hall–Kier alpha value is -0.0400. The second-order valence-electron chi connectivity index (χ2n) is 7.15. The first kappa shape index (κ1) is 12.0. The molecular formula is C16H30N+. The molecule has 2 heterocycles. The normalized spacial score (nSPS) is 47.6. The predicted octanol–water partition coefficient (Wildman–Crippen LogP) is 3.98. The summed E-state index contributed by atoms with van der Waals surface area (Å²) in [5, 5.41) is 0. The van der Waals surface area contributed by atoms with E-state index in [0.29, 0.717) is 5.54 Å². The van der Waals surface area contributed by atoms with Crippen LogP contribution in [0.15, 0.2) is 0 Å². The molecule has 0 aromatic carbocycles. The van der Waals surface area contributed by atoms with Crippen molar-refractivity contribution in [3.8, 4) is 0 Å². The molecule has 0 N–H and O–H groups in total. The van der Waals surface area contributed by atoms with Crippen LogP contribution in [0.5, 0.6) is 0 Å². The van der Waals surface area contributed by atoms with Gasteiger partial charge in [-0.3, -0.25) is 0 Å². The number of quaternary nitrogens is 1. The van der Waals surface area contributed by atoms with Gasteiger partial charge in [0.1, 0.15) is 5.54 Å². The Morgan fingerprint density at radius 3 is 2.18 bits per heavy atom. The average Bonchev–Trinajstić information content (AvgIpc) is 2.89. The first-order chi connectivity index (χ1) is 8.23. The van der Waals surface area contributed by atoms with Crippen LogP contribution in [0.2, 0.25) is 0 Å². The van der Waals surface area contributed by atoms with E-state index in [-0.39, 0.29) is 0 Å². The van der Waals surface area contributed by atoms with Gasteiger partial charge in [0, 0.05) is 24.7 Å². The Kier molecular flexibility index (Phi) is 3.01. The summed E-state index contributed by atoms with van der Waals surface area (Å²) in [5.41, 5.74) is 0.714. The second kappa shape index (κ2) is 4.26. The summed E-state index contributed by atoms with van der Waals surface area (Å²) in [6, 6.07) is 0. The van der Waals surface area contributed by atoms with Gasteiger partial charge >= 0.3 is 0 Å². The Morgan fingerprint density at radius 1 is 0.941 bits per heavy atom. The quantitative estimate of drug-likeness (QED) is 0.500. The Labute approximate surface area is 107 Å². The molecule has 0 aromatic heterocycles. The fraction of sp³-hybridized carbons (Fsp3) is 1.00. The summed E-state index contributed by atoms with van der Waals surface area (Å²) in [4.78, 5) is 0. The van der Waals surface area contributed by atoms with Gasteiger partial charge in [-0.05, 0) is 32.6 Å². The zero-order valence-corrected chi connectivity index (χ0v) is 11.9. The van der Waals surface area contributed by atoms with Crippen molar-refractivity contribution in [2.24, 2.45) is 11.8 Å². The highest BCUT2D eigenvalue weighted by Gasteiger charge is 2.67. The third-order valence-corrected chi connectivity index (χ3v) is 6.79. The summed E-state index contributed by atoms with van der Waals surface area (Å²) >= 11 is 0. The molecular weight excluding hydrogens is 206 g/mol. The lowest BCUT2D eigenvalue weighted by Gasteiger charge is -2.44. The highest BCUT2D eigenvalue weighted by molar-refractivity contribution is 5.04. The van der Waals surface area contributed by atoms with Gasteiger partial charge in [0.25, 0.3) is 0 Å². The maximum Gasteiger partial charge on any atom is 0.102 e. The molecule has 98 valence electrons. The fourth-order valence-electron chi connectivity index (χ4n) is 5.67. The maximum atomic E-state index is 2.66. The van der Waals surface area contributed by atoms with Crippen LogP contribution >= 0.6 is 0 Å². The Bertz CT molecular complexity index is 267. The molecule has 0 aromatic rings. The maximum absolute atomic E-state index is 2.66. The van der Waals surface area contributed by atoms with E-state index in [4.69, 9.17) is 0 Å². The van der Waals surface area contributed by atoms with Crippen LogP contribution in [0, 0.1) is 11.8 Å². The molecule has 2 saturated heterocycles. The van der Waals surface area contributed by atoms with Crippen LogP contribution in [0.4, 0.5) is 0 Å². The fourth-order valence-corrected chi connectivity index (χ4v) is 5.67. The van der Waals surface area contributed by atoms with E-state index in [1.54, 1.807) is 25.7 Å². The van der Waals surface area contributed by atoms with E-state index in [1.807, 2.05) is 0 Å². The largest absolute Gasteiger partial charge is 0.319 e. The summed E-state index contributed by atoms with van der Waals surface area (Å²) in [5.74, 6) is 2.17. The van der Waals surface area contributed by atoms with Crippen LogP contribution in [0.25, 0.3) is 0 Å². The van der Waals surface area contributed by atoms with E-state index >= 15 is 0 Å². The minimum absolute atomic E-state index is 0.714. The molecule has 0 bridgehead atoms. The zero-order valence-electron chi connectivity index (χ0n) is 11.9. The molecule has 1 saturated carbocycles. The highest BCUT2D eigenvalue weighted by atomic mass is 15.4. The van der Waals surface area contributed by atoms with Crippen LogP contribution in [-0.2, 0) is 0 Å².